The maximum atomic E-state index is 4.30. The molecule has 0 aromatic carbocycles. The lowest BCUT2D eigenvalue weighted by Gasteiger charge is -2.22. The zero-order chi connectivity index (χ0) is 10.6. The van der Waals surface area contributed by atoms with Gasteiger partial charge in [-0.25, -0.2) is 9.97 Å². The first-order chi connectivity index (χ1) is 6.70. The van der Waals surface area contributed by atoms with Crippen molar-refractivity contribution in [3.05, 3.63) is 22.7 Å². The highest BCUT2D eigenvalue weighted by Crippen LogP contribution is 2.25. The summed E-state index contributed by atoms with van der Waals surface area (Å²) in [4.78, 5) is 8.26. The molecule has 0 saturated carbocycles. The summed E-state index contributed by atoms with van der Waals surface area (Å²) in [7, 11) is 1.99. The second kappa shape index (κ2) is 5.41. The Morgan fingerprint density at radius 2 is 2.29 bits per heavy atom. The molecule has 2 atom stereocenters. The average Bonchev–Trinajstić information content (AvgIpc) is 2.20. The average molecular weight is 258 g/mol. The minimum Gasteiger partial charge on any atom is -0.316 e. The van der Waals surface area contributed by atoms with Gasteiger partial charge in [-0.3, -0.25) is 0 Å². The second-order valence-corrected chi connectivity index (χ2v) is 4.20. The van der Waals surface area contributed by atoms with Gasteiger partial charge in [0.05, 0.1) is 10.2 Å². The number of hydrogen-bond donors (Lipinski definition) is 1. The molecule has 0 aliphatic carbocycles. The van der Waals surface area contributed by atoms with E-state index in [0.29, 0.717) is 12.0 Å². The fraction of sp³-hybridized carbons (Fsp3) is 0.600. The molecule has 0 bridgehead atoms. The molecule has 14 heavy (non-hydrogen) atoms. The predicted molar refractivity (Wildman–Crippen MR) is 61.3 cm³/mol. The number of hydrogen-bond acceptors (Lipinski definition) is 3. The molecular formula is C10H16BrN3. The molecule has 1 heterocycles. The lowest BCUT2D eigenvalue weighted by Crippen LogP contribution is -2.30. The van der Waals surface area contributed by atoms with E-state index in [4.69, 9.17) is 0 Å². The molecule has 0 spiro atoms. The molecule has 4 heteroatoms. The fourth-order valence-corrected chi connectivity index (χ4v) is 2.24. The van der Waals surface area contributed by atoms with Crippen molar-refractivity contribution >= 4 is 15.9 Å². The van der Waals surface area contributed by atoms with Crippen molar-refractivity contribution in [3.63, 3.8) is 0 Å². The lowest BCUT2D eigenvalue weighted by molar-refractivity contribution is 0.464. The van der Waals surface area contributed by atoms with E-state index in [1.54, 1.807) is 12.5 Å². The van der Waals surface area contributed by atoms with Gasteiger partial charge in [-0.05, 0) is 29.4 Å². The third-order valence-electron chi connectivity index (χ3n) is 2.54. The SMILES string of the molecule is CCC(NC)C(C)c1ncncc1Br. The third-order valence-corrected chi connectivity index (χ3v) is 3.15. The summed E-state index contributed by atoms with van der Waals surface area (Å²) in [6.07, 6.45) is 4.48. The zero-order valence-electron chi connectivity index (χ0n) is 8.79. The standard InChI is InChI=1S/C10H16BrN3/c1-4-9(12-3)7(2)10-8(11)5-13-6-14-10/h5-7,9,12H,4H2,1-3H3. The van der Waals surface area contributed by atoms with Crippen molar-refractivity contribution in [2.75, 3.05) is 7.05 Å². The summed E-state index contributed by atoms with van der Waals surface area (Å²) >= 11 is 3.47. The van der Waals surface area contributed by atoms with Crippen LogP contribution in [-0.4, -0.2) is 23.1 Å². The van der Waals surface area contributed by atoms with E-state index in [9.17, 15) is 0 Å². The van der Waals surface area contributed by atoms with Gasteiger partial charge in [-0.2, -0.15) is 0 Å². The molecular weight excluding hydrogens is 242 g/mol. The molecule has 0 saturated heterocycles. The molecule has 1 aromatic rings. The monoisotopic (exact) mass is 257 g/mol. The number of likely N-dealkylation sites (N-methyl/N-ethyl adjacent to an activating group) is 1. The van der Waals surface area contributed by atoms with Crippen LogP contribution in [0.15, 0.2) is 17.0 Å². The van der Waals surface area contributed by atoms with Gasteiger partial charge in [0.25, 0.3) is 0 Å². The van der Waals surface area contributed by atoms with Crippen molar-refractivity contribution in [2.45, 2.75) is 32.2 Å². The van der Waals surface area contributed by atoms with Crippen LogP contribution in [0.25, 0.3) is 0 Å². The van der Waals surface area contributed by atoms with Crippen molar-refractivity contribution in [2.24, 2.45) is 0 Å². The Labute approximate surface area is 93.5 Å². The first kappa shape index (κ1) is 11.6. The summed E-state index contributed by atoms with van der Waals surface area (Å²) in [6, 6.07) is 0.459. The van der Waals surface area contributed by atoms with E-state index in [1.807, 2.05) is 7.05 Å². The van der Waals surface area contributed by atoms with Gasteiger partial charge in [-0.15, -0.1) is 0 Å². The summed E-state index contributed by atoms with van der Waals surface area (Å²) in [6.45, 7) is 4.35. The Hall–Kier alpha value is -0.480. The molecule has 1 aromatic heterocycles. The van der Waals surface area contributed by atoms with Crippen molar-refractivity contribution in [1.82, 2.24) is 15.3 Å². The maximum absolute atomic E-state index is 4.30. The number of rotatable bonds is 4. The van der Waals surface area contributed by atoms with E-state index < -0.39 is 0 Å². The second-order valence-electron chi connectivity index (χ2n) is 3.35. The van der Waals surface area contributed by atoms with Gasteiger partial charge >= 0.3 is 0 Å². The number of aromatic nitrogens is 2. The van der Waals surface area contributed by atoms with Crippen LogP contribution in [0, 0.1) is 0 Å². The summed E-state index contributed by atoms with van der Waals surface area (Å²) < 4.78 is 0.987. The van der Waals surface area contributed by atoms with Crippen LogP contribution < -0.4 is 5.32 Å². The smallest absolute Gasteiger partial charge is 0.115 e. The molecule has 0 radical (unpaired) electrons. The molecule has 0 aliphatic heterocycles. The molecule has 1 rings (SSSR count). The molecule has 3 nitrogen and oxygen atoms in total. The molecule has 1 N–H and O–H groups in total. The summed E-state index contributed by atoms with van der Waals surface area (Å²) in [5.74, 6) is 0.391. The molecule has 0 amide bonds. The van der Waals surface area contributed by atoms with Crippen LogP contribution >= 0.6 is 15.9 Å². The highest BCUT2D eigenvalue weighted by molar-refractivity contribution is 9.10. The maximum Gasteiger partial charge on any atom is 0.115 e. The zero-order valence-corrected chi connectivity index (χ0v) is 10.4. The Morgan fingerprint density at radius 3 is 2.79 bits per heavy atom. The lowest BCUT2D eigenvalue weighted by atomic mass is 9.96. The minimum absolute atomic E-state index is 0.391. The van der Waals surface area contributed by atoms with Gasteiger partial charge in [0.15, 0.2) is 0 Å². The Morgan fingerprint density at radius 1 is 1.57 bits per heavy atom. The Balaban J connectivity index is 2.88. The molecule has 78 valence electrons. The first-order valence-electron chi connectivity index (χ1n) is 4.83. The topological polar surface area (TPSA) is 37.8 Å². The Bertz CT molecular complexity index is 286. The van der Waals surface area contributed by atoms with Gasteiger partial charge in [0.1, 0.15) is 6.33 Å². The molecule has 0 aliphatic rings. The van der Waals surface area contributed by atoms with Gasteiger partial charge in [0, 0.05) is 18.2 Å². The van der Waals surface area contributed by atoms with Crippen LogP contribution in [0.3, 0.4) is 0 Å². The predicted octanol–water partition coefficient (Wildman–Crippen LogP) is 2.34. The van der Waals surface area contributed by atoms with E-state index in [1.165, 1.54) is 0 Å². The first-order valence-corrected chi connectivity index (χ1v) is 5.62. The number of nitrogens with zero attached hydrogens (tertiary/aromatic N) is 2. The highest BCUT2D eigenvalue weighted by atomic mass is 79.9. The van der Waals surface area contributed by atoms with Gasteiger partial charge < -0.3 is 5.32 Å². The van der Waals surface area contributed by atoms with Gasteiger partial charge in [-0.1, -0.05) is 13.8 Å². The number of halogens is 1. The molecule has 2 unspecified atom stereocenters. The quantitative estimate of drug-likeness (QED) is 0.900. The van der Waals surface area contributed by atoms with Crippen LogP contribution in [0.5, 0.6) is 0 Å². The van der Waals surface area contributed by atoms with Crippen molar-refractivity contribution in [3.8, 4) is 0 Å². The van der Waals surface area contributed by atoms with Gasteiger partial charge in [0.2, 0.25) is 0 Å². The minimum atomic E-state index is 0.391. The molecule has 0 fully saturated rings. The third kappa shape index (κ3) is 2.51. The normalized spacial score (nSPS) is 15.1. The highest BCUT2D eigenvalue weighted by Gasteiger charge is 2.18. The Kier molecular flexibility index (Phi) is 4.48. The van der Waals surface area contributed by atoms with Crippen LogP contribution in [0.4, 0.5) is 0 Å². The summed E-state index contributed by atoms with van der Waals surface area (Å²) in [5, 5.41) is 3.30. The van der Waals surface area contributed by atoms with E-state index in [2.05, 4.69) is 45.1 Å². The van der Waals surface area contributed by atoms with Crippen LogP contribution in [-0.2, 0) is 0 Å². The van der Waals surface area contributed by atoms with E-state index in [0.717, 1.165) is 16.6 Å². The van der Waals surface area contributed by atoms with Crippen molar-refractivity contribution < 1.29 is 0 Å². The fourth-order valence-electron chi connectivity index (χ4n) is 1.66. The van der Waals surface area contributed by atoms with Crippen molar-refractivity contribution in [1.29, 1.82) is 0 Å². The van der Waals surface area contributed by atoms with Crippen LogP contribution in [0.1, 0.15) is 31.9 Å². The van der Waals surface area contributed by atoms with E-state index in [-0.39, 0.29) is 0 Å². The number of nitrogens with one attached hydrogen (secondary N) is 1. The summed E-state index contributed by atoms with van der Waals surface area (Å²) in [5.41, 5.74) is 1.07. The van der Waals surface area contributed by atoms with Crippen LogP contribution in [0.2, 0.25) is 0 Å². The van der Waals surface area contributed by atoms with E-state index >= 15 is 0 Å². The largest absolute Gasteiger partial charge is 0.316 e.